The normalized spacial score (nSPS) is 12.1. The van der Waals surface area contributed by atoms with Crippen molar-refractivity contribution in [1.29, 1.82) is 0 Å². The molecule has 0 fully saturated rings. The van der Waals surface area contributed by atoms with Gasteiger partial charge in [-0.3, -0.25) is 0 Å². The second-order valence-corrected chi connectivity index (χ2v) is 6.24. The van der Waals surface area contributed by atoms with E-state index in [1.807, 2.05) is 13.8 Å². The van der Waals surface area contributed by atoms with Crippen LogP contribution in [-0.4, -0.2) is 96.4 Å². The Labute approximate surface area is 166 Å². The van der Waals surface area contributed by atoms with Crippen molar-refractivity contribution in [3.8, 4) is 0 Å². The minimum atomic E-state index is -1.08. The molecule has 0 aliphatic carbocycles. The minimum absolute atomic E-state index is 0.0338. The number of hydrogen-bond donors (Lipinski definition) is 2. The zero-order valence-electron chi connectivity index (χ0n) is 17.1. The van der Waals surface area contributed by atoms with Crippen LogP contribution in [0.1, 0.15) is 20.3 Å². The smallest absolute Gasteiger partial charge is 0.407 e. The van der Waals surface area contributed by atoms with Gasteiger partial charge < -0.3 is 38.8 Å². The molecule has 0 aliphatic rings. The van der Waals surface area contributed by atoms with Crippen LogP contribution < -0.4 is 5.32 Å². The van der Waals surface area contributed by atoms with Crippen molar-refractivity contribution >= 4 is 12.1 Å². The van der Waals surface area contributed by atoms with E-state index < -0.39 is 18.1 Å². The third kappa shape index (κ3) is 17.9. The first-order valence-corrected chi connectivity index (χ1v) is 9.43. The number of carboxylic acids is 1. The van der Waals surface area contributed by atoms with Gasteiger partial charge in [0.15, 0.2) is 0 Å². The number of alkyl carbamates (subject to hydrolysis) is 1. The predicted molar refractivity (Wildman–Crippen MR) is 101 cm³/mol. The highest BCUT2D eigenvalue weighted by atomic mass is 16.6. The van der Waals surface area contributed by atoms with Gasteiger partial charge >= 0.3 is 12.1 Å². The van der Waals surface area contributed by atoms with E-state index in [1.54, 1.807) is 7.11 Å². The summed E-state index contributed by atoms with van der Waals surface area (Å²) in [4.78, 5) is 22.6. The molecule has 10 nitrogen and oxygen atoms in total. The van der Waals surface area contributed by atoms with Crippen molar-refractivity contribution < 1.29 is 43.1 Å². The predicted octanol–water partition coefficient (Wildman–Crippen LogP) is 0.925. The lowest BCUT2D eigenvalue weighted by molar-refractivity contribution is -0.139. The van der Waals surface area contributed by atoms with Gasteiger partial charge in [-0.25, -0.2) is 9.59 Å². The highest BCUT2D eigenvalue weighted by molar-refractivity contribution is 5.79. The SMILES string of the molecule is COCCOCCOCCOCCOCCOC(=O)N[C@@H](CC(C)C)C(=O)O. The summed E-state index contributed by atoms with van der Waals surface area (Å²) < 4.78 is 30.9. The van der Waals surface area contributed by atoms with E-state index in [0.717, 1.165) is 0 Å². The maximum Gasteiger partial charge on any atom is 0.407 e. The van der Waals surface area contributed by atoms with Crippen LogP contribution >= 0.6 is 0 Å². The van der Waals surface area contributed by atoms with Crippen molar-refractivity contribution in [1.82, 2.24) is 5.32 Å². The zero-order chi connectivity index (χ0) is 21.0. The molecule has 1 atom stereocenters. The van der Waals surface area contributed by atoms with Crippen molar-refractivity contribution in [2.75, 3.05) is 73.2 Å². The number of carboxylic acid groups (broad SMARTS) is 1. The Morgan fingerprint density at radius 2 is 1.21 bits per heavy atom. The van der Waals surface area contributed by atoms with Gasteiger partial charge in [0.2, 0.25) is 0 Å². The van der Waals surface area contributed by atoms with Gasteiger partial charge in [0.1, 0.15) is 12.6 Å². The van der Waals surface area contributed by atoms with Gasteiger partial charge in [0, 0.05) is 7.11 Å². The Balaban J connectivity index is 3.40. The Morgan fingerprint density at radius 3 is 1.61 bits per heavy atom. The molecule has 166 valence electrons. The zero-order valence-corrected chi connectivity index (χ0v) is 17.1. The molecule has 10 heteroatoms. The quantitative estimate of drug-likeness (QED) is 0.300. The van der Waals surface area contributed by atoms with E-state index in [1.165, 1.54) is 0 Å². The van der Waals surface area contributed by atoms with Crippen LogP contribution in [0.2, 0.25) is 0 Å². The van der Waals surface area contributed by atoms with Gasteiger partial charge in [-0.2, -0.15) is 0 Å². The molecule has 2 N–H and O–H groups in total. The van der Waals surface area contributed by atoms with Gasteiger partial charge in [-0.1, -0.05) is 13.8 Å². The van der Waals surface area contributed by atoms with Crippen molar-refractivity contribution in [3.05, 3.63) is 0 Å². The van der Waals surface area contributed by atoms with Gasteiger partial charge in [0.05, 0.1) is 59.5 Å². The van der Waals surface area contributed by atoms with Crippen LogP contribution in [0.15, 0.2) is 0 Å². The van der Waals surface area contributed by atoms with Gasteiger partial charge in [0.25, 0.3) is 0 Å². The minimum Gasteiger partial charge on any atom is -0.480 e. The number of amides is 1. The van der Waals surface area contributed by atoms with Crippen LogP contribution in [0, 0.1) is 5.92 Å². The van der Waals surface area contributed by atoms with Crippen LogP contribution in [0.5, 0.6) is 0 Å². The van der Waals surface area contributed by atoms with Crippen LogP contribution in [0.25, 0.3) is 0 Å². The summed E-state index contributed by atoms with van der Waals surface area (Å²) >= 11 is 0. The number of ether oxygens (including phenoxy) is 6. The number of nitrogens with one attached hydrogen (secondary N) is 1. The summed E-state index contributed by atoms with van der Waals surface area (Å²) in [7, 11) is 1.62. The fraction of sp³-hybridized carbons (Fsp3) is 0.889. The largest absolute Gasteiger partial charge is 0.480 e. The molecule has 0 unspecified atom stereocenters. The fourth-order valence-corrected chi connectivity index (χ4v) is 1.97. The molecule has 0 radical (unpaired) electrons. The second kappa shape index (κ2) is 18.9. The maximum atomic E-state index is 11.6. The molecule has 0 saturated carbocycles. The van der Waals surface area contributed by atoms with E-state index >= 15 is 0 Å². The number of rotatable bonds is 19. The molecule has 1 amide bonds. The molecule has 0 heterocycles. The maximum absolute atomic E-state index is 11.6. The summed E-state index contributed by atoms with van der Waals surface area (Å²) in [6.45, 7) is 7.81. The molecule has 0 spiro atoms. The summed E-state index contributed by atoms with van der Waals surface area (Å²) in [5, 5.41) is 11.4. The van der Waals surface area contributed by atoms with Crippen molar-refractivity contribution in [2.24, 2.45) is 5.92 Å². The first-order valence-electron chi connectivity index (χ1n) is 9.43. The standard InChI is InChI=1S/C18H35NO9/c1-15(2)14-16(17(20)21)19-18(22)28-13-12-27-11-10-26-9-8-25-7-6-24-5-4-23-3/h15-16H,4-14H2,1-3H3,(H,19,22)(H,20,21)/t16-/m0/s1. The monoisotopic (exact) mass is 409 g/mol. The van der Waals surface area contributed by atoms with Crippen molar-refractivity contribution in [2.45, 2.75) is 26.3 Å². The molecule has 0 aromatic rings. The van der Waals surface area contributed by atoms with Crippen LogP contribution in [0.3, 0.4) is 0 Å². The highest BCUT2D eigenvalue weighted by Gasteiger charge is 2.21. The van der Waals surface area contributed by atoms with E-state index in [9.17, 15) is 9.59 Å². The summed E-state index contributed by atoms with van der Waals surface area (Å²) in [6.07, 6.45) is -0.431. The molecular weight excluding hydrogens is 374 g/mol. The summed E-state index contributed by atoms with van der Waals surface area (Å²) in [5.74, 6) is -0.939. The van der Waals surface area contributed by atoms with Crippen LogP contribution in [-0.2, 0) is 33.2 Å². The number of carbonyl (C=O) groups excluding carboxylic acids is 1. The van der Waals surface area contributed by atoms with Crippen LogP contribution in [0.4, 0.5) is 4.79 Å². The number of hydrogen-bond acceptors (Lipinski definition) is 8. The van der Waals surface area contributed by atoms with E-state index in [2.05, 4.69) is 5.32 Å². The Hall–Kier alpha value is -1.46. The first-order chi connectivity index (χ1) is 13.5. The molecule has 28 heavy (non-hydrogen) atoms. The number of methoxy groups -OCH3 is 1. The Morgan fingerprint density at radius 1 is 0.786 bits per heavy atom. The molecule has 0 rings (SSSR count). The lowest BCUT2D eigenvalue weighted by Crippen LogP contribution is -2.42. The van der Waals surface area contributed by atoms with Gasteiger partial charge in [-0.05, 0) is 12.3 Å². The lowest BCUT2D eigenvalue weighted by Gasteiger charge is -2.16. The van der Waals surface area contributed by atoms with Crippen molar-refractivity contribution in [3.63, 3.8) is 0 Å². The fourth-order valence-electron chi connectivity index (χ4n) is 1.97. The average Bonchev–Trinajstić information content (AvgIpc) is 2.64. The Bertz CT molecular complexity index is 393. The number of aliphatic carboxylic acids is 1. The van der Waals surface area contributed by atoms with E-state index in [-0.39, 0.29) is 19.1 Å². The average molecular weight is 409 g/mol. The van der Waals surface area contributed by atoms with Gasteiger partial charge in [-0.15, -0.1) is 0 Å². The van der Waals surface area contributed by atoms with E-state index in [4.69, 9.17) is 33.5 Å². The Kier molecular flexibility index (Phi) is 17.9. The first kappa shape index (κ1) is 26.5. The lowest BCUT2D eigenvalue weighted by atomic mass is 10.0. The number of carbonyl (C=O) groups is 2. The molecule has 0 bridgehead atoms. The highest BCUT2D eigenvalue weighted by Crippen LogP contribution is 2.05. The molecule has 0 aliphatic heterocycles. The molecular formula is C18H35NO9. The third-order valence-electron chi connectivity index (χ3n) is 3.31. The second-order valence-electron chi connectivity index (χ2n) is 6.24. The van der Waals surface area contributed by atoms with E-state index in [0.29, 0.717) is 59.3 Å². The summed E-state index contributed by atoms with van der Waals surface area (Å²) in [5.41, 5.74) is 0. The molecule has 0 saturated heterocycles. The topological polar surface area (TPSA) is 122 Å². The molecule has 0 aromatic heterocycles. The summed E-state index contributed by atoms with van der Waals surface area (Å²) in [6, 6.07) is -0.957. The third-order valence-corrected chi connectivity index (χ3v) is 3.31. The molecule has 0 aromatic carbocycles.